The van der Waals surface area contributed by atoms with Gasteiger partial charge in [0.2, 0.25) is 0 Å². The van der Waals surface area contributed by atoms with Crippen molar-refractivity contribution in [3.63, 3.8) is 0 Å². The zero-order valence-corrected chi connectivity index (χ0v) is 11.1. The molecule has 4 nitrogen and oxygen atoms in total. The molecule has 2 aromatic rings. The number of benzene rings is 1. The van der Waals surface area contributed by atoms with Gasteiger partial charge >= 0.3 is 0 Å². The molecule has 100 valence electrons. The molecule has 1 aromatic carbocycles. The monoisotopic (exact) mass is 266 g/mol. The van der Waals surface area contributed by atoms with Crippen LogP contribution in [0, 0.1) is 18.3 Å². The number of nitrogens with one attached hydrogen (secondary N) is 1. The van der Waals surface area contributed by atoms with Gasteiger partial charge in [-0.3, -0.25) is 4.79 Å². The van der Waals surface area contributed by atoms with E-state index in [0.29, 0.717) is 12.3 Å². The first-order chi connectivity index (χ1) is 9.69. The number of carbonyl (C=O) groups excluding carboxylic acids is 1. The van der Waals surface area contributed by atoms with E-state index in [9.17, 15) is 4.79 Å². The molecular weight excluding hydrogens is 252 g/mol. The zero-order valence-electron chi connectivity index (χ0n) is 11.1. The molecule has 2 rings (SSSR count). The lowest BCUT2D eigenvalue weighted by atomic mass is 10.2. The van der Waals surface area contributed by atoms with Crippen molar-refractivity contribution >= 4 is 12.0 Å². The van der Waals surface area contributed by atoms with Crippen LogP contribution in [-0.4, -0.2) is 5.91 Å². The molecule has 0 unspecified atom stereocenters. The molecule has 0 bridgehead atoms. The Balaban J connectivity index is 2.03. The van der Waals surface area contributed by atoms with Crippen LogP contribution in [-0.2, 0) is 11.3 Å². The third-order valence-electron chi connectivity index (χ3n) is 2.71. The topological polar surface area (TPSA) is 66.0 Å². The normalized spacial score (nSPS) is 10.9. The van der Waals surface area contributed by atoms with Crippen molar-refractivity contribution in [2.45, 2.75) is 13.5 Å². The van der Waals surface area contributed by atoms with Gasteiger partial charge < -0.3 is 9.73 Å². The van der Waals surface area contributed by atoms with Gasteiger partial charge in [0.25, 0.3) is 5.91 Å². The molecule has 1 aromatic heterocycles. The van der Waals surface area contributed by atoms with Gasteiger partial charge in [0.15, 0.2) is 0 Å². The number of furan rings is 1. The summed E-state index contributed by atoms with van der Waals surface area (Å²) in [7, 11) is 0. The van der Waals surface area contributed by atoms with Gasteiger partial charge in [-0.1, -0.05) is 30.3 Å². The summed E-state index contributed by atoms with van der Waals surface area (Å²) in [5.74, 6) is 0.817. The fourth-order valence-electron chi connectivity index (χ4n) is 1.70. The van der Waals surface area contributed by atoms with Gasteiger partial charge in [-0.2, -0.15) is 5.26 Å². The SMILES string of the molecule is Cc1ccc(/C=C(/C#N)C(=O)NCc2ccccc2)o1. The number of nitrogens with zero attached hydrogens (tertiary/aromatic N) is 1. The highest BCUT2D eigenvalue weighted by Gasteiger charge is 2.09. The van der Waals surface area contributed by atoms with Crippen LogP contribution >= 0.6 is 0 Å². The summed E-state index contributed by atoms with van der Waals surface area (Å²) in [6.45, 7) is 2.19. The minimum atomic E-state index is -0.412. The lowest BCUT2D eigenvalue weighted by molar-refractivity contribution is -0.117. The van der Waals surface area contributed by atoms with E-state index in [1.165, 1.54) is 6.08 Å². The summed E-state index contributed by atoms with van der Waals surface area (Å²) < 4.78 is 5.32. The molecule has 1 heterocycles. The summed E-state index contributed by atoms with van der Waals surface area (Å²) in [4.78, 5) is 11.9. The van der Waals surface area contributed by atoms with Crippen LogP contribution in [0.5, 0.6) is 0 Å². The Morgan fingerprint density at radius 1 is 1.30 bits per heavy atom. The molecule has 0 aliphatic rings. The fourth-order valence-corrected chi connectivity index (χ4v) is 1.70. The Hall–Kier alpha value is -2.80. The minimum absolute atomic E-state index is 0.0234. The quantitative estimate of drug-likeness (QED) is 0.683. The number of hydrogen-bond acceptors (Lipinski definition) is 3. The van der Waals surface area contributed by atoms with Crippen molar-refractivity contribution in [2.75, 3.05) is 0 Å². The summed E-state index contributed by atoms with van der Waals surface area (Å²) in [6.07, 6.45) is 1.44. The van der Waals surface area contributed by atoms with E-state index in [4.69, 9.17) is 9.68 Å². The fraction of sp³-hybridized carbons (Fsp3) is 0.125. The first-order valence-electron chi connectivity index (χ1n) is 6.19. The first kappa shape index (κ1) is 13.6. The van der Waals surface area contributed by atoms with Crippen LogP contribution < -0.4 is 5.32 Å². The second kappa shape index (κ2) is 6.39. The summed E-state index contributed by atoms with van der Waals surface area (Å²) in [5.41, 5.74) is 1.00. The molecule has 0 spiro atoms. The van der Waals surface area contributed by atoms with E-state index in [-0.39, 0.29) is 5.57 Å². The van der Waals surface area contributed by atoms with Crippen molar-refractivity contribution < 1.29 is 9.21 Å². The van der Waals surface area contributed by atoms with Crippen LogP contribution in [0.25, 0.3) is 6.08 Å². The average Bonchev–Trinajstić information content (AvgIpc) is 2.88. The van der Waals surface area contributed by atoms with Crippen molar-refractivity contribution in [3.05, 3.63) is 65.1 Å². The Morgan fingerprint density at radius 3 is 2.65 bits per heavy atom. The molecule has 20 heavy (non-hydrogen) atoms. The molecule has 0 atom stereocenters. The van der Waals surface area contributed by atoms with E-state index >= 15 is 0 Å². The molecule has 0 radical (unpaired) electrons. The highest BCUT2D eigenvalue weighted by molar-refractivity contribution is 6.01. The van der Waals surface area contributed by atoms with Gasteiger partial charge in [0, 0.05) is 12.6 Å². The van der Waals surface area contributed by atoms with Gasteiger partial charge in [-0.05, 0) is 24.6 Å². The molecule has 1 N–H and O–H groups in total. The smallest absolute Gasteiger partial charge is 0.262 e. The van der Waals surface area contributed by atoms with Crippen LogP contribution in [0.2, 0.25) is 0 Å². The first-order valence-corrected chi connectivity index (χ1v) is 6.19. The van der Waals surface area contributed by atoms with Crippen molar-refractivity contribution in [2.24, 2.45) is 0 Å². The molecule has 0 saturated heterocycles. The molecule has 0 saturated carbocycles. The lowest BCUT2D eigenvalue weighted by Crippen LogP contribution is -2.23. The van der Waals surface area contributed by atoms with Gasteiger partial charge in [-0.25, -0.2) is 0 Å². The second-order valence-electron chi connectivity index (χ2n) is 4.29. The highest BCUT2D eigenvalue weighted by atomic mass is 16.3. The predicted molar refractivity (Wildman–Crippen MR) is 75.3 cm³/mol. The van der Waals surface area contributed by atoms with E-state index in [2.05, 4.69) is 5.32 Å². The molecule has 0 aliphatic heterocycles. The number of amides is 1. The largest absolute Gasteiger partial charge is 0.462 e. The predicted octanol–water partition coefficient (Wildman–Crippen LogP) is 2.81. The van der Waals surface area contributed by atoms with E-state index in [0.717, 1.165) is 11.3 Å². The van der Waals surface area contributed by atoms with Gasteiger partial charge in [-0.15, -0.1) is 0 Å². The lowest BCUT2D eigenvalue weighted by Gasteiger charge is -2.03. The maximum Gasteiger partial charge on any atom is 0.262 e. The Labute approximate surface area is 117 Å². The summed E-state index contributed by atoms with van der Waals surface area (Å²) >= 11 is 0. The summed E-state index contributed by atoms with van der Waals surface area (Å²) in [6, 6.07) is 14.9. The van der Waals surface area contributed by atoms with Crippen molar-refractivity contribution in [3.8, 4) is 6.07 Å². The third kappa shape index (κ3) is 3.59. The number of rotatable bonds is 4. The number of hydrogen-bond donors (Lipinski definition) is 1. The minimum Gasteiger partial charge on any atom is -0.462 e. The zero-order chi connectivity index (χ0) is 14.4. The van der Waals surface area contributed by atoms with Gasteiger partial charge in [0.1, 0.15) is 23.2 Å². The molecule has 1 amide bonds. The Kier molecular flexibility index (Phi) is 4.35. The highest BCUT2D eigenvalue weighted by Crippen LogP contribution is 2.11. The van der Waals surface area contributed by atoms with Crippen LogP contribution in [0.15, 0.2) is 52.5 Å². The standard InChI is InChI=1S/C16H14N2O2/c1-12-7-8-15(20-12)9-14(10-17)16(19)18-11-13-5-3-2-4-6-13/h2-9H,11H2,1H3,(H,18,19)/b14-9-. The van der Waals surface area contributed by atoms with E-state index in [1.54, 1.807) is 19.1 Å². The van der Waals surface area contributed by atoms with Crippen LogP contribution in [0.1, 0.15) is 17.1 Å². The van der Waals surface area contributed by atoms with Crippen molar-refractivity contribution in [1.82, 2.24) is 5.32 Å². The van der Waals surface area contributed by atoms with E-state index in [1.807, 2.05) is 36.4 Å². The van der Waals surface area contributed by atoms with Crippen LogP contribution in [0.3, 0.4) is 0 Å². The van der Waals surface area contributed by atoms with Crippen LogP contribution in [0.4, 0.5) is 0 Å². The van der Waals surface area contributed by atoms with Crippen molar-refractivity contribution in [1.29, 1.82) is 5.26 Å². The summed E-state index contributed by atoms with van der Waals surface area (Å²) in [5, 5.41) is 11.7. The third-order valence-corrected chi connectivity index (χ3v) is 2.71. The van der Waals surface area contributed by atoms with Gasteiger partial charge in [0.05, 0.1) is 0 Å². The van der Waals surface area contributed by atoms with E-state index < -0.39 is 5.91 Å². The second-order valence-corrected chi connectivity index (χ2v) is 4.29. The number of nitriles is 1. The molecule has 0 fully saturated rings. The maximum atomic E-state index is 11.9. The average molecular weight is 266 g/mol. The number of aryl methyl sites for hydroxylation is 1. The molecular formula is C16H14N2O2. The number of carbonyl (C=O) groups is 1. The molecule has 4 heteroatoms. The Bertz CT molecular complexity index is 663. The maximum absolute atomic E-state index is 11.9. The Morgan fingerprint density at radius 2 is 2.05 bits per heavy atom. The molecule has 0 aliphatic carbocycles.